The van der Waals surface area contributed by atoms with Crippen LogP contribution in [0.3, 0.4) is 0 Å². The molecule has 2 amide bonds. The molecule has 1 aromatic rings. The molecule has 2 aliphatic rings. The number of carbonyl (C=O) groups is 2. The molecule has 6 heteroatoms. The van der Waals surface area contributed by atoms with E-state index in [2.05, 4.69) is 0 Å². The van der Waals surface area contributed by atoms with Crippen molar-refractivity contribution < 1.29 is 14.3 Å². The van der Waals surface area contributed by atoms with Crippen LogP contribution in [0.2, 0.25) is 0 Å². The fourth-order valence-electron chi connectivity index (χ4n) is 2.44. The molecule has 0 radical (unpaired) electrons. The van der Waals surface area contributed by atoms with E-state index in [9.17, 15) is 9.59 Å². The molecule has 0 saturated heterocycles. The van der Waals surface area contributed by atoms with Gasteiger partial charge in [-0.05, 0) is 30.9 Å². The standard InChI is InChI=1S/C15H19N3O3/c1-17-12-4-2-3-5-13(12)18(8-11(16)14(17)19)15(20)21-9-10-6-7-10/h2-5,10-11H,6-9,16H2,1H3/t11-/m0/s1. The number of nitrogens with two attached hydrogens (primary N) is 1. The Morgan fingerprint density at radius 2 is 2.00 bits per heavy atom. The molecule has 0 spiro atoms. The number of benzene rings is 1. The number of nitrogens with zero attached hydrogens (tertiary/aromatic N) is 2. The number of hydrogen-bond acceptors (Lipinski definition) is 4. The van der Waals surface area contributed by atoms with E-state index in [1.54, 1.807) is 19.2 Å². The lowest BCUT2D eigenvalue weighted by Crippen LogP contribution is -2.47. The lowest BCUT2D eigenvalue weighted by Gasteiger charge is -2.23. The summed E-state index contributed by atoms with van der Waals surface area (Å²) in [5.74, 6) is 0.286. The molecule has 1 fully saturated rings. The first kappa shape index (κ1) is 13.9. The Hall–Kier alpha value is -2.08. The van der Waals surface area contributed by atoms with Crippen molar-refractivity contribution in [2.75, 3.05) is 30.0 Å². The summed E-state index contributed by atoms with van der Waals surface area (Å²) >= 11 is 0. The van der Waals surface area contributed by atoms with Gasteiger partial charge in [0.15, 0.2) is 0 Å². The maximum Gasteiger partial charge on any atom is 0.414 e. The van der Waals surface area contributed by atoms with Gasteiger partial charge in [0.05, 0.1) is 24.5 Å². The SMILES string of the molecule is CN1C(=O)[C@@H](N)CN(C(=O)OCC2CC2)c2ccccc21. The van der Waals surface area contributed by atoms with Gasteiger partial charge in [0.2, 0.25) is 5.91 Å². The van der Waals surface area contributed by atoms with E-state index in [0.29, 0.717) is 23.9 Å². The molecule has 1 saturated carbocycles. The predicted octanol–water partition coefficient (Wildman–Crippen LogP) is 1.34. The van der Waals surface area contributed by atoms with E-state index in [0.717, 1.165) is 12.8 Å². The smallest absolute Gasteiger partial charge is 0.414 e. The zero-order chi connectivity index (χ0) is 15.0. The fourth-order valence-corrected chi connectivity index (χ4v) is 2.44. The quantitative estimate of drug-likeness (QED) is 0.891. The zero-order valence-corrected chi connectivity index (χ0v) is 12.0. The summed E-state index contributed by atoms with van der Waals surface area (Å²) in [6.07, 6.45) is 1.79. The Labute approximate surface area is 123 Å². The van der Waals surface area contributed by atoms with Crippen LogP contribution in [0, 0.1) is 5.92 Å². The van der Waals surface area contributed by atoms with E-state index < -0.39 is 12.1 Å². The largest absolute Gasteiger partial charge is 0.449 e. The summed E-state index contributed by atoms with van der Waals surface area (Å²) < 4.78 is 5.34. The Morgan fingerprint density at radius 3 is 2.67 bits per heavy atom. The second-order valence-electron chi connectivity index (χ2n) is 5.62. The Morgan fingerprint density at radius 1 is 1.33 bits per heavy atom. The van der Waals surface area contributed by atoms with Gasteiger partial charge in [0, 0.05) is 7.05 Å². The first-order valence-corrected chi connectivity index (χ1v) is 7.14. The molecule has 1 aromatic carbocycles. The first-order chi connectivity index (χ1) is 10.1. The van der Waals surface area contributed by atoms with E-state index in [1.165, 1.54) is 9.80 Å². The molecule has 1 aliphatic heterocycles. The van der Waals surface area contributed by atoms with Gasteiger partial charge < -0.3 is 15.4 Å². The monoisotopic (exact) mass is 289 g/mol. The minimum absolute atomic E-state index is 0.129. The molecular formula is C15H19N3O3. The van der Waals surface area contributed by atoms with Crippen LogP contribution in [-0.2, 0) is 9.53 Å². The van der Waals surface area contributed by atoms with Crippen molar-refractivity contribution in [2.24, 2.45) is 11.7 Å². The van der Waals surface area contributed by atoms with Crippen LogP contribution >= 0.6 is 0 Å². The summed E-state index contributed by atoms with van der Waals surface area (Å²) in [7, 11) is 1.67. The molecule has 0 unspecified atom stereocenters. The van der Waals surface area contributed by atoms with Crippen LogP contribution in [0.25, 0.3) is 0 Å². The topological polar surface area (TPSA) is 75.9 Å². The summed E-state index contributed by atoms with van der Waals surface area (Å²) in [5, 5.41) is 0. The molecule has 6 nitrogen and oxygen atoms in total. The maximum absolute atomic E-state index is 12.3. The van der Waals surface area contributed by atoms with Crippen molar-refractivity contribution in [3.63, 3.8) is 0 Å². The van der Waals surface area contributed by atoms with Crippen LogP contribution in [0.15, 0.2) is 24.3 Å². The highest BCUT2D eigenvalue weighted by molar-refractivity contribution is 6.05. The Bertz CT molecular complexity index is 571. The maximum atomic E-state index is 12.3. The lowest BCUT2D eigenvalue weighted by molar-refractivity contribution is -0.119. The average molecular weight is 289 g/mol. The van der Waals surface area contributed by atoms with Gasteiger partial charge in [-0.25, -0.2) is 4.79 Å². The van der Waals surface area contributed by atoms with Crippen LogP contribution in [-0.4, -0.2) is 38.2 Å². The van der Waals surface area contributed by atoms with E-state index in [1.807, 2.05) is 12.1 Å². The number of fused-ring (bicyclic) bond motifs is 1. The van der Waals surface area contributed by atoms with Crippen molar-refractivity contribution in [2.45, 2.75) is 18.9 Å². The van der Waals surface area contributed by atoms with Crippen molar-refractivity contribution >= 4 is 23.4 Å². The highest BCUT2D eigenvalue weighted by atomic mass is 16.6. The van der Waals surface area contributed by atoms with Gasteiger partial charge in [-0.1, -0.05) is 12.1 Å². The molecule has 21 heavy (non-hydrogen) atoms. The number of ether oxygens (including phenoxy) is 1. The van der Waals surface area contributed by atoms with Gasteiger partial charge in [-0.15, -0.1) is 0 Å². The Kier molecular flexibility index (Phi) is 3.55. The van der Waals surface area contributed by atoms with E-state index >= 15 is 0 Å². The highest BCUT2D eigenvalue weighted by Gasteiger charge is 2.33. The number of hydrogen-bond donors (Lipinski definition) is 1. The molecule has 0 bridgehead atoms. The number of para-hydroxylation sites is 2. The molecular weight excluding hydrogens is 270 g/mol. The third-order valence-electron chi connectivity index (χ3n) is 3.92. The molecule has 1 atom stereocenters. The number of anilines is 2. The van der Waals surface area contributed by atoms with Crippen LogP contribution in [0.1, 0.15) is 12.8 Å². The number of carbonyl (C=O) groups excluding carboxylic acids is 2. The summed E-state index contributed by atoms with van der Waals surface area (Å²) in [6.45, 7) is 0.570. The second kappa shape index (κ2) is 5.37. The number of amides is 2. The summed E-state index contributed by atoms with van der Waals surface area (Å²) in [5.41, 5.74) is 7.22. The average Bonchev–Trinajstić information content (AvgIpc) is 3.32. The predicted molar refractivity (Wildman–Crippen MR) is 79.2 cm³/mol. The van der Waals surface area contributed by atoms with Gasteiger partial charge in [-0.3, -0.25) is 9.69 Å². The fraction of sp³-hybridized carbons (Fsp3) is 0.467. The zero-order valence-electron chi connectivity index (χ0n) is 12.0. The van der Waals surface area contributed by atoms with Crippen molar-refractivity contribution in [1.29, 1.82) is 0 Å². The summed E-state index contributed by atoms with van der Waals surface area (Å²) in [4.78, 5) is 27.5. The third kappa shape index (κ3) is 2.71. The minimum atomic E-state index is -0.754. The molecule has 3 rings (SSSR count). The first-order valence-electron chi connectivity index (χ1n) is 7.14. The van der Waals surface area contributed by atoms with E-state index in [4.69, 9.17) is 10.5 Å². The van der Waals surface area contributed by atoms with Crippen LogP contribution in [0.5, 0.6) is 0 Å². The minimum Gasteiger partial charge on any atom is -0.449 e. The van der Waals surface area contributed by atoms with Gasteiger partial charge in [0.25, 0.3) is 0 Å². The van der Waals surface area contributed by atoms with Gasteiger partial charge in [-0.2, -0.15) is 0 Å². The molecule has 112 valence electrons. The van der Waals surface area contributed by atoms with Gasteiger partial charge in [0.1, 0.15) is 6.04 Å². The normalized spacial score (nSPS) is 21.8. The Balaban J connectivity index is 1.88. The molecule has 0 aromatic heterocycles. The molecule has 2 N–H and O–H groups in total. The van der Waals surface area contributed by atoms with Crippen LogP contribution < -0.4 is 15.5 Å². The summed E-state index contributed by atoms with van der Waals surface area (Å²) in [6, 6.07) is 6.50. The lowest BCUT2D eigenvalue weighted by atomic mass is 10.2. The molecule has 1 heterocycles. The van der Waals surface area contributed by atoms with Gasteiger partial charge >= 0.3 is 6.09 Å². The highest BCUT2D eigenvalue weighted by Crippen LogP contribution is 2.33. The second-order valence-corrected chi connectivity index (χ2v) is 5.62. The van der Waals surface area contributed by atoms with E-state index in [-0.39, 0.29) is 12.5 Å². The van der Waals surface area contributed by atoms with Crippen molar-refractivity contribution in [3.8, 4) is 0 Å². The van der Waals surface area contributed by atoms with Crippen LogP contribution in [0.4, 0.5) is 16.2 Å². The van der Waals surface area contributed by atoms with Crippen molar-refractivity contribution in [1.82, 2.24) is 0 Å². The molecule has 1 aliphatic carbocycles. The number of likely N-dealkylation sites (N-methyl/N-ethyl adjacent to an activating group) is 1. The number of rotatable bonds is 2. The van der Waals surface area contributed by atoms with Crippen molar-refractivity contribution in [3.05, 3.63) is 24.3 Å². The third-order valence-corrected chi connectivity index (χ3v) is 3.92.